The van der Waals surface area contributed by atoms with Gasteiger partial charge in [-0.3, -0.25) is 9.69 Å². The SMILES string of the molecule is O=C1CCOCCN1CCN1CCC2CN(c3ccccn3)CC21. The van der Waals surface area contributed by atoms with E-state index in [1.807, 2.05) is 17.2 Å². The third-order valence-corrected chi connectivity index (χ3v) is 5.61. The van der Waals surface area contributed by atoms with Gasteiger partial charge in [-0.15, -0.1) is 0 Å². The summed E-state index contributed by atoms with van der Waals surface area (Å²) in [4.78, 5) is 23.6. The first-order chi connectivity index (χ1) is 11.8. The molecule has 0 radical (unpaired) electrons. The van der Waals surface area contributed by atoms with Crippen molar-refractivity contribution in [3.8, 4) is 0 Å². The van der Waals surface area contributed by atoms with Gasteiger partial charge in [0, 0.05) is 45.0 Å². The third kappa shape index (κ3) is 3.26. The van der Waals surface area contributed by atoms with E-state index in [4.69, 9.17) is 4.74 Å². The fraction of sp³-hybridized carbons (Fsp3) is 0.667. The predicted octanol–water partition coefficient (Wildman–Crippen LogP) is 0.841. The Kier molecular flexibility index (Phi) is 4.67. The van der Waals surface area contributed by atoms with Crippen molar-refractivity contribution in [3.05, 3.63) is 24.4 Å². The van der Waals surface area contributed by atoms with Crippen molar-refractivity contribution in [2.45, 2.75) is 18.9 Å². The summed E-state index contributed by atoms with van der Waals surface area (Å²) in [6.07, 6.45) is 3.65. The molecule has 130 valence electrons. The number of hydrogen-bond donors (Lipinski definition) is 0. The Morgan fingerprint density at radius 1 is 1.17 bits per heavy atom. The van der Waals surface area contributed by atoms with Gasteiger partial charge in [-0.25, -0.2) is 4.98 Å². The number of likely N-dealkylation sites (tertiary alicyclic amines) is 1. The number of ether oxygens (including phenoxy) is 1. The van der Waals surface area contributed by atoms with E-state index in [0.29, 0.717) is 25.7 Å². The first-order valence-electron chi connectivity index (χ1n) is 9.07. The topological polar surface area (TPSA) is 48.9 Å². The van der Waals surface area contributed by atoms with E-state index >= 15 is 0 Å². The predicted molar refractivity (Wildman–Crippen MR) is 91.9 cm³/mol. The van der Waals surface area contributed by atoms with Crippen LogP contribution in [-0.2, 0) is 9.53 Å². The van der Waals surface area contributed by atoms with Crippen LogP contribution in [0.25, 0.3) is 0 Å². The molecule has 1 amide bonds. The molecule has 24 heavy (non-hydrogen) atoms. The highest BCUT2D eigenvalue weighted by molar-refractivity contribution is 5.76. The van der Waals surface area contributed by atoms with Crippen molar-refractivity contribution < 1.29 is 9.53 Å². The number of carbonyl (C=O) groups is 1. The third-order valence-electron chi connectivity index (χ3n) is 5.61. The van der Waals surface area contributed by atoms with E-state index in [2.05, 4.69) is 26.9 Å². The molecule has 3 fully saturated rings. The van der Waals surface area contributed by atoms with E-state index in [9.17, 15) is 4.79 Å². The number of aromatic nitrogens is 1. The van der Waals surface area contributed by atoms with E-state index in [1.54, 1.807) is 0 Å². The Morgan fingerprint density at radius 3 is 3.00 bits per heavy atom. The fourth-order valence-corrected chi connectivity index (χ4v) is 4.26. The minimum absolute atomic E-state index is 0.241. The van der Waals surface area contributed by atoms with Crippen LogP contribution in [0.3, 0.4) is 0 Å². The maximum absolute atomic E-state index is 12.1. The van der Waals surface area contributed by atoms with Crippen molar-refractivity contribution in [1.29, 1.82) is 0 Å². The highest BCUT2D eigenvalue weighted by Gasteiger charge is 2.41. The van der Waals surface area contributed by atoms with Gasteiger partial charge in [-0.2, -0.15) is 0 Å². The molecule has 6 nitrogen and oxygen atoms in total. The molecule has 0 N–H and O–H groups in total. The first-order valence-corrected chi connectivity index (χ1v) is 9.07. The lowest BCUT2D eigenvalue weighted by atomic mass is 10.1. The zero-order valence-corrected chi connectivity index (χ0v) is 14.1. The van der Waals surface area contributed by atoms with Gasteiger partial charge in [0.2, 0.25) is 5.91 Å². The van der Waals surface area contributed by atoms with Gasteiger partial charge < -0.3 is 14.5 Å². The number of rotatable bonds is 4. The van der Waals surface area contributed by atoms with E-state index in [1.165, 1.54) is 6.42 Å². The van der Waals surface area contributed by atoms with Gasteiger partial charge in [-0.05, 0) is 31.0 Å². The first kappa shape index (κ1) is 15.8. The van der Waals surface area contributed by atoms with E-state index in [-0.39, 0.29) is 5.91 Å². The summed E-state index contributed by atoms with van der Waals surface area (Å²) in [5.41, 5.74) is 0. The molecule has 6 heteroatoms. The van der Waals surface area contributed by atoms with Gasteiger partial charge in [-0.1, -0.05) is 6.07 Å². The molecule has 1 aromatic rings. The number of carbonyl (C=O) groups excluding carboxylic acids is 1. The van der Waals surface area contributed by atoms with Gasteiger partial charge >= 0.3 is 0 Å². The molecular formula is C18H26N4O2. The van der Waals surface area contributed by atoms with Crippen LogP contribution in [0.5, 0.6) is 0 Å². The van der Waals surface area contributed by atoms with Crippen LogP contribution in [0.1, 0.15) is 12.8 Å². The van der Waals surface area contributed by atoms with Crippen LogP contribution < -0.4 is 4.90 Å². The summed E-state index contributed by atoms with van der Waals surface area (Å²) in [7, 11) is 0. The number of amides is 1. The summed E-state index contributed by atoms with van der Waals surface area (Å²) in [5.74, 6) is 2.06. The summed E-state index contributed by atoms with van der Waals surface area (Å²) in [5, 5.41) is 0. The molecule has 0 spiro atoms. The fourth-order valence-electron chi connectivity index (χ4n) is 4.26. The summed E-state index contributed by atoms with van der Waals surface area (Å²) >= 11 is 0. The molecule has 3 aliphatic heterocycles. The zero-order chi connectivity index (χ0) is 16.4. The quantitative estimate of drug-likeness (QED) is 0.819. The number of hydrogen-bond acceptors (Lipinski definition) is 5. The molecule has 4 rings (SSSR count). The van der Waals surface area contributed by atoms with Gasteiger partial charge in [0.1, 0.15) is 5.82 Å². The second-order valence-corrected chi connectivity index (χ2v) is 6.99. The van der Waals surface area contributed by atoms with Gasteiger partial charge in [0.25, 0.3) is 0 Å². The van der Waals surface area contributed by atoms with E-state index in [0.717, 1.165) is 51.0 Å². The van der Waals surface area contributed by atoms with Crippen molar-refractivity contribution in [2.75, 3.05) is 57.4 Å². The van der Waals surface area contributed by atoms with Crippen LogP contribution in [0.15, 0.2) is 24.4 Å². The van der Waals surface area contributed by atoms with Crippen LogP contribution >= 0.6 is 0 Å². The lowest BCUT2D eigenvalue weighted by molar-refractivity contribution is -0.130. The standard InChI is InChI=1S/C18H26N4O2/c23-18-5-11-24-12-10-21(18)9-8-20-7-4-15-13-22(14-16(15)20)17-3-1-2-6-19-17/h1-3,6,15-16H,4-5,7-14H2. The molecule has 4 heterocycles. The summed E-state index contributed by atoms with van der Waals surface area (Å²) in [6, 6.07) is 6.72. The van der Waals surface area contributed by atoms with Crippen molar-refractivity contribution >= 4 is 11.7 Å². The molecule has 1 aromatic heterocycles. The molecule has 0 aliphatic carbocycles. The van der Waals surface area contributed by atoms with Crippen LogP contribution in [0.4, 0.5) is 5.82 Å². The summed E-state index contributed by atoms with van der Waals surface area (Å²) in [6.45, 7) is 7.10. The van der Waals surface area contributed by atoms with Gasteiger partial charge in [0.15, 0.2) is 0 Å². The molecule has 0 bridgehead atoms. The molecule has 3 saturated heterocycles. The van der Waals surface area contributed by atoms with Crippen molar-refractivity contribution in [3.63, 3.8) is 0 Å². The lowest BCUT2D eigenvalue weighted by Gasteiger charge is -2.28. The molecule has 2 atom stereocenters. The smallest absolute Gasteiger partial charge is 0.225 e. The Labute approximate surface area is 143 Å². The average molecular weight is 330 g/mol. The van der Waals surface area contributed by atoms with E-state index < -0.39 is 0 Å². The zero-order valence-electron chi connectivity index (χ0n) is 14.1. The second kappa shape index (κ2) is 7.07. The number of nitrogens with zero attached hydrogens (tertiary/aromatic N) is 4. The minimum Gasteiger partial charge on any atom is -0.379 e. The Balaban J connectivity index is 1.33. The maximum Gasteiger partial charge on any atom is 0.225 e. The Bertz CT molecular complexity index is 567. The maximum atomic E-state index is 12.1. The lowest BCUT2D eigenvalue weighted by Crippen LogP contribution is -2.42. The Morgan fingerprint density at radius 2 is 2.12 bits per heavy atom. The van der Waals surface area contributed by atoms with Crippen LogP contribution in [0.2, 0.25) is 0 Å². The number of pyridine rings is 1. The second-order valence-electron chi connectivity index (χ2n) is 6.99. The van der Waals surface area contributed by atoms with Crippen LogP contribution in [-0.4, -0.2) is 79.2 Å². The van der Waals surface area contributed by atoms with Crippen molar-refractivity contribution in [1.82, 2.24) is 14.8 Å². The highest BCUT2D eigenvalue weighted by atomic mass is 16.5. The van der Waals surface area contributed by atoms with Crippen LogP contribution in [0, 0.1) is 5.92 Å². The van der Waals surface area contributed by atoms with Crippen molar-refractivity contribution in [2.24, 2.45) is 5.92 Å². The van der Waals surface area contributed by atoms with Gasteiger partial charge in [0.05, 0.1) is 19.6 Å². The summed E-state index contributed by atoms with van der Waals surface area (Å²) < 4.78 is 5.41. The normalized spacial score (nSPS) is 28.2. The number of anilines is 1. The average Bonchev–Trinajstić information content (AvgIpc) is 3.12. The number of fused-ring (bicyclic) bond motifs is 1. The molecule has 0 aromatic carbocycles. The molecule has 2 unspecified atom stereocenters. The Hall–Kier alpha value is -1.66. The molecule has 3 aliphatic rings. The monoisotopic (exact) mass is 330 g/mol. The molecular weight excluding hydrogens is 304 g/mol. The highest BCUT2D eigenvalue weighted by Crippen LogP contribution is 2.33. The largest absolute Gasteiger partial charge is 0.379 e. The molecule has 0 saturated carbocycles. The minimum atomic E-state index is 0.241.